The number of nitro benzene ring substituents is 2. The molecule has 1 aromatic carbocycles. The summed E-state index contributed by atoms with van der Waals surface area (Å²) < 4.78 is 0. The number of amides is 1. The van der Waals surface area contributed by atoms with Crippen molar-refractivity contribution in [1.82, 2.24) is 4.90 Å². The zero-order valence-electron chi connectivity index (χ0n) is 14.8. The minimum Gasteiger partial charge on any atom is -0.396 e. The van der Waals surface area contributed by atoms with Crippen LogP contribution in [0.2, 0.25) is 0 Å². The van der Waals surface area contributed by atoms with Crippen LogP contribution in [0.15, 0.2) is 12.1 Å². The molecular weight excluding hydrogens is 508 g/mol. The topological polar surface area (TPSA) is 150 Å². The summed E-state index contributed by atoms with van der Waals surface area (Å²) in [7, 11) is 0. The van der Waals surface area contributed by atoms with Gasteiger partial charge in [0.2, 0.25) is 0 Å². The number of benzene rings is 1. The molecule has 0 radical (unpaired) electrons. The highest BCUT2D eigenvalue weighted by Crippen LogP contribution is 2.37. The van der Waals surface area contributed by atoms with Gasteiger partial charge in [-0.1, -0.05) is 31.9 Å². The van der Waals surface area contributed by atoms with Crippen molar-refractivity contribution < 1.29 is 24.9 Å². The SMILES string of the molecule is O=C(c1cc([N+](=O)[O-])cc([N+](=O)[O-])c1N(CCBr)CCBr)N(CO)CCCO. The molecule has 0 aliphatic rings. The zero-order chi connectivity index (χ0) is 21.3. The number of non-ortho nitro benzene ring substituents is 1. The van der Waals surface area contributed by atoms with E-state index in [-0.39, 0.29) is 30.8 Å². The normalized spacial score (nSPS) is 10.6. The molecule has 1 amide bonds. The van der Waals surface area contributed by atoms with E-state index in [4.69, 9.17) is 5.11 Å². The van der Waals surface area contributed by atoms with E-state index in [0.29, 0.717) is 23.7 Å². The van der Waals surface area contributed by atoms with E-state index in [0.717, 1.165) is 17.0 Å². The number of hydrogen-bond donors (Lipinski definition) is 2. The fourth-order valence-electron chi connectivity index (χ4n) is 2.55. The average molecular weight is 528 g/mol. The molecule has 11 nitrogen and oxygen atoms in total. The molecule has 0 unspecified atom stereocenters. The van der Waals surface area contributed by atoms with Crippen molar-refractivity contribution in [2.75, 3.05) is 48.5 Å². The predicted octanol–water partition coefficient (Wildman–Crippen LogP) is 1.87. The molecule has 1 rings (SSSR count). The third kappa shape index (κ3) is 6.09. The smallest absolute Gasteiger partial charge is 0.300 e. The van der Waals surface area contributed by atoms with Gasteiger partial charge < -0.3 is 20.0 Å². The van der Waals surface area contributed by atoms with Gasteiger partial charge in [-0.05, 0) is 6.42 Å². The lowest BCUT2D eigenvalue weighted by Gasteiger charge is -2.27. The van der Waals surface area contributed by atoms with Crippen molar-refractivity contribution in [2.45, 2.75) is 6.42 Å². The maximum Gasteiger partial charge on any atom is 0.300 e. The van der Waals surface area contributed by atoms with Gasteiger partial charge in [-0.15, -0.1) is 0 Å². The molecule has 156 valence electrons. The van der Waals surface area contributed by atoms with Crippen molar-refractivity contribution in [3.8, 4) is 0 Å². The highest BCUT2D eigenvalue weighted by Gasteiger charge is 2.32. The second-order valence-electron chi connectivity index (χ2n) is 5.53. The number of nitrogens with zero attached hydrogens (tertiary/aromatic N) is 4. The van der Waals surface area contributed by atoms with E-state index in [1.807, 2.05) is 0 Å². The number of rotatable bonds is 12. The quantitative estimate of drug-likeness (QED) is 0.181. The number of halogens is 2. The Morgan fingerprint density at radius 1 is 1.04 bits per heavy atom. The minimum absolute atomic E-state index is 0.0152. The van der Waals surface area contributed by atoms with Crippen LogP contribution in [-0.2, 0) is 0 Å². The Hall–Kier alpha value is -1.83. The first-order valence-electron chi connectivity index (χ1n) is 8.17. The van der Waals surface area contributed by atoms with Gasteiger partial charge in [0.25, 0.3) is 17.3 Å². The van der Waals surface area contributed by atoms with Gasteiger partial charge in [-0.3, -0.25) is 25.0 Å². The van der Waals surface area contributed by atoms with Crippen molar-refractivity contribution in [3.05, 3.63) is 37.9 Å². The van der Waals surface area contributed by atoms with E-state index in [9.17, 15) is 30.1 Å². The molecule has 0 heterocycles. The van der Waals surface area contributed by atoms with Crippen molar-refractivity contribution in [2.24, 2.45) is 0 Å². The number of aliphatic hydroxyl groups is 2. The van der Waals surface area contributed by atoms with Crippen molar-refractivity contribution in [1.29, 1.82) is 0 Å². The lowest BCUT2D eigenvalue weighted by atomic mass is 10.1. The van der Waals surface area contributed by atoms with Gasteiger partial charge in [0, 0.05) is 43.0 Å². The van der Waals surface area contributed by atoms with Crippen LogP contribution in [0.5, 0.6) is 0 Å². The fourth-order valence-corrected chi connectivity index (χ4v) is 3.41. The van der Waals surface area contributed by atoms with Crippen molar-refractivity contribution >= 4 is 54.8 Å². The second-order valence-corrected chi connectivity index (χ2v) is 7.11. The number of nitro groups is 2. The van der Waals surface area contributed by atoms with Gasteiger partial charge >= 0.3 is 0 Å². The highest BCUT2D eigenvalue weighted by molar-refractivity contribution is 9.09. The van der Waals surface area contributed by atoms with Crippen LogP contribution < -0.4 is 4.90 Å². The third-order valence-corrected chi connectivity index (χ3v) is 4.49. The summed E-state index contributed by atoms with van der Waals surface area (Å²) >= 11 is 6.51. The minimum atomic E-state index is -0.816. The van der Waals surface area contributed by atoms with Gasteiger partial charge in [-0.25, -0.2) is 0 Å². The molecule has 0 aliphatic heterocycles. The predicted molar refractivity (Wildman–Crippen MR) is 109 cm³/mol. The summed E-state index contributed by atoms with van der Waals surface area (Å²) in [6.07, 6.45) is 0.172. The first kappa shape index (κ1) is 24.2. The molecular formula is C15H20Br2N4O7. The monoisotopic (exact) mass is 526 g/mol. The maximum atomic E-state index is 13.0. The van der Waals surface area contributed by atoms with E-state index < -0.39 is 33.9 Å². The molecule has 0 saturated heterocycles. The molecule has 28 heavy (non-hydrogen) atoms. The largest absolute Gasteiger partial charge is 0.396 e. The number of carbonyl (C=O) groups excluding carboxylic acids is 1. The zero-order valence-corrected chi connectivity index (χ0v) is 18.0. The first-order valence-corrected chi connectivity index (χ1v) is 10.4. The first-order chi connectivity index (χ1) is 13.3. The van der Waals surface area contributed by atoms with E-state index in [1.54, 1.807) is 4.90 Å². The molecule has 0 spiro atoms. The lowest BCUT2D eigenvalue weighted by Crippen LogP contribution is -2.36. The van der Waals surface area contributed by atoms with Crippen LogP contribution in [-0.4, -0.2) is 74.5 Å². The van der Waals surface area contributed by atoms with Gasteiger partial charge in [0.05, 0.1) is 21.5 Å². The summed E-state index contributed by atoms with van der Waals surface area (Å²) in [6.45, 7) is -0.337. The molecule has 0 saturated carbocycles. The van der Waals surface area contributed by atoms with Crippen molar-refractivity contribution in [3.63, 3.8) is 0 Å². The lowest BCUT2D eigenvalue weighted by molar-refractivity contribution is -0.393. The van der Waals surface area contributed by atoms with E-state index >= 15 is 0 Å². The maximum absolute atomic E-state index is 13.0. The average Bonchev–Trinajstić information content (AvgIpc) is 2.67. The number of alkyl halides is 2. The van der Waals surface area contributed by atoms with Gasteiger partial charge in [0.15, 0.2) is 0 Å². The molecule has 0 fully saturated rings. The Labute approximate surface area is 177 Å². The van der Waals surface area contributed by atoms with E-state index in [1.165, 1.54) is 0 Å². The van der Waals surface area contributed by atoms with Crippen LogP contribution in [0.1, 0.15) is 16.8 Å². The summed E-state index contributed by atoms with van der Waals surface area (Å²) in [6, 6.07) is 1.79. The Morgan fingerprint density at radius 3 is 2.07 bits per heavy atom. The number of carbonyl (C=O) groups is 1. The molecule has 13 heteroatoms. The second kappa shape index (κ2) is 11.9. The van der Waals surface area contributed by atoms with Crippen LogP contribution in [0.25, 0.3) is 0 Å². The molecule has 0 aromatic heterocycles. The van der Waals surface area contributed by atoms with Crippen LogP contribution >= 0.6 is 31.9 Å². The van der Waals surface area contributed by atoms with Gasteiger partial charge in [-0.2, -0.15) is 0 Å². The summed E-state index contributed by atoms with van der Waals surface area (Å²) in [4.78, 5) is 36.8. The standard InChI is InChI=1S/C15H20Br2N4O7/c16-2-5-18(6-3-17)14-12(15(24)19(10-23)4-1-7-22)8-11(20(25)26)9-13(14)21(27)28/h8-9,22-23H,1-7,10H2. The third-order valence-electron chi connectivity index (χ3n) is 3.78. The molecule has 0 aliphatic carbocycles. The number of aliphatic hydroxyl groups excluding tert-OH is 2. The van der Waals surface area contributed by atoms with Gasteiger partial charge in [0.1, 0.15) is 12.4 Å². The van der Waals surface area contributed by atoms with Crippen LogP contribution in [0, 0.1) is 20.2 Å². The Kier molecular flexibility index (Phi) is 10.3. The molecule has 0 atom stereocenters. The van der Waals surface area contributed by atoms with Crippen LogP contribution in [0.3, 0.4) is 0 Å². The van der Waals surface area contributed by atoms with Crippen LogP contribution in [0.4, 0.5) is 17.1 Å². The summed E-state index contributed by atoms with van der Waals surface area (Å²) in [5, 5.41) is 42.2. The molecule has 0 bridgehead atoms. The Bertz CT molecular complexity index is 714. The van der Waals surface area contributed by atoms with E-state index in [2.05, 4.69) is 31.9 Å². The number of anilines is 1. The summed E-state index contributed by atoms with van der Waals surface area (Å²) in [5.74, 6) is -0.799. The Balaban J connectivity index is 3.70. The molecule has 2 N–H and O–H groups in total. The molecule has 1 aromatic rings. The highest BCUT2D eigenvalue weighted by atomic mass is 79.9. The Morgan fingerprint density at radius 2 is 1.64 bits per heavy atom. The summed E-state index contributed by atoms with van der Waals surface area (Å²) in [5.41, 5.74) is -1.48. The number of hydrogen-bond acceptors (Lipinski definition) is 8. The fraction of sp³-hybridized carbons (Fsp3) is 0.533.